The monoisotopic (exact) mass is 406 g/mol. The van der Waals surface area contributed by atoms with Crippen LogP contribution < -0.4 is 15.0 Å². The second-order valence-electron chi connectivity index (χ2n) is 6.96. The maximum absolute atomic E-state index is 12.4. The zero-order valence-electron chi connectivity index (χ0n) is 16.7. The van der Waals surface area contributed by atoms with Gasteiger partial charge in [0.25, 0.3) is 5.56 Å². The van der Waals surface area contributed by atoms with Crippen molar-refractivity contribution in [3.63, 3.8) is 0 Å². The Morgan fingerprint density at radius 2 is 1.93 bits per heavy atom. The van der Waals surface area contributed by atoms with Gasteiger partial charge in [-0.1, -0.05) is 18.2 Å². The van der Waals surface area contributed by atoms with Crippen LogP contribution >= 0.6 is 0 Å². The molecule has 0 saturated heterocycles. The van der Waals surface area contributed by atoms with Crippen molar-refractivity contribution in [1.29, 1.82) is 5.41 Å². The number of aliphatic hydroxyl groups excluding tert-OH is 1. The van der Waals surface area contributed by atoms with E-state index in [-0.39, 0.29) is 35.1 Å². The molecule has 1 aromatic heterocycles. The van der Waals surface area contributed by atoms with Crippen LogP contribution in [0.2, 0.25) is 0 Å². The zero-order chi connectivity index (χ0) is 21.3. The topological polar surface area (TPSA) is 112 Å². The van der Waals surface area contributed by atoms with Crippen molar-refractivity contribution in [2.45, 2.75) is 6.42 Å². The van der Waals surface area contributed by atoms with Crippen LogP contribution in [-0.2, 0) is 6.42 Å². The Morgan fingerprint density at radius 3 is 2.70 bits per heavy atom. The molecule has 1 aliphatic heterocycles. The molecule has 0 unspecified atom stereocenters. The number of aliphatic hydroxyl groups is 1. The minimum absolute atomic E-state index is 0.0192. The number of hydrogen-bond acceptors (Lipinski definition) is 6. The Bertz CT molecular complexity index is 1220. The van der Waals surface area contributed by atoms with E-state index in [9.17, 15) is 9.90 Å². The summed E-state index contributed by atoms with van der Waals surface area (Å²) >= 11 is 0. The summed E-state index contributed by atoms with van der Waals surface area (Å²) in [4.78, 5) is 21.2. The number of methoxy groups -OCH3 is 2. The molecular weight excluding hydrogens is 384 g/mol. The van der Waals surface area contributed by atoms with Crippen LogP contribution in [-0.4, -0.2) is 53.1 Å². The minimum atomic E-state index is -0.299. The molecule has 4 rings (SSSR count). The Kier molecular flexibility index (Phi) is 5.14. The lowest BCUT2D eigenvalue weighted by atomic mass is 10.1. The average molecular weight is 406 g/mol. The van der Waals surface area contributed by atoms with E-state index in [4.69, 9.17) is 14.9 Å². The van der Waals surface area contributed by atoms with E-state index in [0.29, 0.717) is 35.4 Å². The lowest BCUT2D eigenvalue weighted by Crippen LogP contribution is -2.29. The molecule has 0 bridgehead atoms. The number of aromatic amines is 1. The van der Waals surface area contributed by atoms with Gasteiger partial charge in [-0.05, 0) is 36.2 Å². The normalized spacial score (nSPS) is 13.9. The second-order valence-corrected chi connectivity index (χ2v) is 6.96. The third-order valence-corrected chi connectivity index (χ3v) is 5.15. The molecule has 3 aromatic rings. The quantitative estimate of drug-likeness (QED) is 0.580. The molecule has 3 N–H and O–H groups in total. The van der Waals surface area contributed by atoms with Gasteiger partial charge in [-0.25, -0.2) is 4.98 Å². The van der Waals surface area contributed by atoms with Crippen molar-refractivity contribution in [3.05, 3.63) is 70.0 Å². The van der Waals surface area contributed by atoms with Crippen LogP contribution in [0.15, 0.2) is 53.0 Å². The number of aromatic nitrogens is 2. The highest BCUT2D eigenvalue weighted by atomic mass is 16.5. The highest BCUT2D eigenvalue weighted by molar-refractivity contribution is 6.22. The number of hydrogen-bond donors (Lipinski definition) is 3. The fraction of sp³-hybridized carbons (Fsp3) is 0.227. The number of ether oxygens (including phenoxy) is 2. The van der Waals surface area contributed by atoms with E-state index < -0.39 is 0 Å². The van der Waals surface area contributed by atoms with Crippen molar-refractivity contribution in [2.75, 3.05) is 27.3 Å². The van der Waals surface area contributed by atoms with Crippen LogP contribution in [0.3, 0.4) is 0 Å². The van der Waals surface area contributed by atoms with Gasteiger partial charge in [-0.2, -0.15) is 0 Å². The first kappa shape index (κ1) is 19.5. The molecule has 0 aliphatic carbocycles. The van der Waals surface area contributed by atoms with Crippen molar-refractivity contribution in [2.24, 2.45) is 0 Å². The maximum atomic E-state index is 12.4. The predicted octanol–water partition coefficient (Wildman–Crippen LogP) is 2.74. The molecule has 0 radical (unpaired) electrons. The van der Waals surface area contributed by atoms with Crippen molar-refractivity contribution in [3.8, 4) is 11.5 Å². The third-order valence-electron chi connectivity index (χ3n) is 5.15. The molecule has 154 valence electrons. The summed E-state index contributed by atoms with van der Waals surface area (Å²) in [5, 5.41) is 19.5. The van der Waals surface area contributed by atoms with Gasteiger partial charge in [0.05, 0.1) is 37.2 Å². The Balaban J connectivity index is 1.54. The van der Waals surface area contributed by atoms with Crippen LogP contribution in [0.25, 0.3) is 16.5 Å². The molecule has 0 fully saturated rings. The fourth-order valence-corrected chi connectivity index (χ4v) is 3.58. The van der Waals surface area contributed by atoms with Crippen molar-refractivity contribution in [1.82, 2.24) is 14.9 Å². The Labute approximate surface area is 172 Å². The number of nitrogens with one attached hydrogen (secondary N) is 2. The third kappa shape index (κ3) is 3.47. The van der Waals surface area contributed by atoms with Crippen LogP contribution in [0, 0.1) is 5.41 Å². The molecule has 8 heteroatoms. The standard InChI is InChI=1S/C22H22N4O4/c1-29-17-8-7-13(11-18(17)30-2)9-10-26-12-16(27)19(20(26)23)21-24-15-6-4-3-5-14(15)22(28)25-21/h3-8,11,23,27H,9-10,12H2,1-2H3,(H,24,25,28). The maximum Gasteiger partial charge on any atom is 0.259 e. The first-order valence-electron chi connectivity index (χ1n) is 9.48. The SMILES string of the molecule is COc1ccc(CCN2CC(O)=C(c3nc4ccccc4c(=O)[nH]3)C2=N)cc1OC. The molecule has 8 nitrogen and oxygen atoms in total. The number of rotatable bonds is 6. The van der Waals surface area contributed by atoms with E-state index in [1.807, 2.05) is 18.2 Å². The molecule has 0 spiro atoms. The Hall–Kier alpha value is -3.81. The van der Waals surface area contributed by atoms with Gasteiger partial charge in [0.1, 0.15) is 17.4 Å². The number of H-pyrrole nitrogens is 1. The van der Waals surface area contributed by atoms with Gasteiger partial charge >= 0.3 is 0 Å². The molecule has 0 amide bonds. The van der Waals surface area contributed by atoms with Crippen LogP contribution in [0.4, 0.5) is 0 Å². The number of amidine groups is 1. The van der Waals surface area contributed by atoms with Gasteiger partial charge < -0.3 is 24.5 Å². The molecule has 0 atom stereocenters. The second kappa shape index (κ2) is 7.90. The molecule has 2 heterocycles. The highest BCUT2D eigenvalue weighted by Gasteiger charge is 2.30. The van der Waals surface area contributed by atoms with E-state index in [1.165, 1.54) is 0 Å². The fourth-order valence-electron chi connectivity index (χ4n) is 3.58. The number of benzene rings is 2. The first-order valence-corrected chi connectivity index (χ1v) is 9.48. The van der Waals surface area contributed by atoms with Gasteiger partial charge in [0.15, 0.2) is 11.5 Å². The summed E-state index contributed by atoms with van der Waals surface area (Å²) in [6, 6.07) is 12.7. The lowest BCUT2D eigenvalue weighted by molar-refractivity contribution is 0.349. The van der Waals surface area contributed by atoms with Gasteiger partial charge in [-0.15, -0.1) is 0 Å². The summed E-state index contributed by atoms with van der Waals surface area (Å²) in [7, 11) is 3.17. The molecule has 0 saturated carbocycles. The number of nitrogens with zero attached hydrogens (tertiary/aromatic N) is 2. The van der Waals surface area contributed by atoms with E-state index in [1.54, 1.807) is 43.4 Å². The van der Waals surface area contributed by atoms with E-state index in [0.717, 1.165) is 5.56 Å². The summed E-state index contributed by atoms with van der Waals surface area (Å²) in [5.41, 5.74) is 1.50. The smallest absolute Gasteiger partial charge is 0.259 e. The minimum Gasteiger partial charge on any atom is -0.510 e. The van der Waals surface area contributed by atoms with E-state index in [2.05, 4.69) is 9.97 Å². The summed E-state index contributed by atoms with van der Waals surface area (Å²) in [5.74, 6) is 1.65. The Morgan fingerprint density at radius 1 is 1.17 bits per heavy atom. The summed E-state index contributed by atoms with van der Waals surface area (Å²) in [6.45, 7) is 0.706. The van der Waals surface area contributed by atoms with Crippen LogP contribution in [0.1, 0.15) is 11.4 Å². The zero-order valence-corrected chi connectivity index (χ0v) is 16.7. The van der Waals surface area contributed by atoms with Gasteiger partial charge in [-0.3, -0.25) is 10.2 Å². The van der Waals surface area contributed by atoms with Gasteiger partial charge in [0.2, 0.25) is 0 Å². The summed E-state index contributed by atoms with van der Waals surface area (Å²) < 4.78 is 10.6. The largest absolute Gasteiger partial charge is 0.510 e. The number of para-hydroxylation sites is 1. The van der Waals surface area contributed by atoms with E-state index >= 15 is 0 Å². The molecule has 1 aliphatic rings. The number of fused-ring (bicyclic) bond motifs is 1. The molecule has 2 aromatic carbocycles. The van der Waals surface area contributed by atoms with Crippen molar-refractivity contribution < 1.29 is 14.6 Å². The average Bonchev–Trinajstić information content (AvgIpc) is 3.05. The van der Waals surface area contributed by atoms with Crippen molar-refractivity contribution >= 4 is 22.3 Å². The lowest BCUT2D eigenvalue weighted by Gasteiger charge is -2.19. The van der Waals surface area contributed by atoms with Gasteiger partial charge in [0, 0.05) is 6.54 Å². The predicted molar refractivity (Wildman–Crippen MR) is 114 cm³/mol. The first-order chi connectivity index (χ1) is 14.5. The van der Waals surface area contributed by atoms with Crippen LogP contribution in [0.5, 0.6) is 11.5 Å². The summed E-state index contributed by atoms with van der Waals surface area (Å²) in [6.07, 6.45) is 0.644. The molecular formula is C22H22N4O4. The highest BCUT2D eigenvalue weighted by Crippen LogP contribution is 2.29. The molecule has 30 heavy (non-hydrogen) atoms.